The van der Waals surface area contributed by atoms with Crippen LogP contribution >= 0.6 is 0 Å². The van der Waals surface area contributed by atoms with Gasteiger partial charge in [-0.1, -0.05) is 36.4 Å². The minimum Gasteiger partial charge on any atom is -0.271 e. The van der Waals surface area contributed by atoms with E-state index in [-0.39, 0.29) is 5.56 Å². The Labute approximate surface area is 113 Å². The van der Waals surface area contributed by atoms with Gasteiger partial charge in [-0.05, 0) is 23.3 Å². The Morgan fingerprint density at radius 2 is 1.60 bits per heavy atom. The van der Waals surface area contributed by atoms with Crippen LogP contribution in [0.1, 0.15) is 22.7 Å². The van der Waals surface area contributed by atoms with Crippen molar-refractivity contribution in [2.45, 2.75) is 12.2 Å². The predicted octanol–water partition coefficient (Wildman–Crippen LogP) is 3.40. The zero-order valence-corrected chi connectivity index (χ0v) is 10.3. The summed E-state index contributed by atoms with van der Waals surface area (Å²) >= 11 is 0. The molecule has 0 saturated carbocycles. The Kier molecular flexibility index (Phi) is 4.06. The lowest BCUT2D eigenvalue weighted by Gasteiger charge is -2.18. The third-order valence-electron chi connectivity index (χ3n) is 2.93. The number of nitrogens with one attached hydrogen (secondary N) is 1. The fourth-order valence-electron chi connectivity index (χ4n) is 1.97. The highest BCUT2D eigenvalue weighted by Gasteiger charge is 2.34. The Morgan fingerprint density at radius 1 is 0.950 bits per heavy atom. The number of nitrogens with two attached hydrogens (primary N) is 1. The van der Waals surface area contributed by atoms with Gasteiger partial charge in [-0.25, -0.2) is 9.82 Å². The highest BCUT2D eigenvalue weighted by atomic mass is 19.4. The van der Waals surface area contributed by atoms with Crippen molar-refractivity contribution in [1.82, 2.24) is 5.43 Å². The van der Waals surface area contributed by atoms with Crippen LogP contribution in [0.3, 0.4) is 0 Å². The zero-order chi connectivity index (χ0) is 14.8. The predicted molar refractivity (Wildman–Crippen MR) is 67.0 cm³/mol. The molecule has 0 saturated heterocycles. The molecule has 0 spiro atoms. The Hall–Kier alpha value is -1.92. The van der Waals surface area contributed by atoms with Crippen LogP contribution in [0.5, 0.6) is 0 Å². The molecule has 0 heterocycles. The minimum absolute atomic E-state index is 0.243. The lowest BCUT2D eigenvalue weighted by Crippen LogP contribution is -2.29. The molecule has 20 heavy (non-hydrogen) atoms. The Morgan fingerprint density at radius 3 is 2.15 bits per heavy atom. The Balaban J connectivity index is 2.46. The van der Waals surface area contributed by atoms with Gasteiger partial charge in [0.2, 0.25) is 0 Å². The first-order valence-electron chi connectivity index (χ1n) is 5.81. The van der Waals surface area contributed by atoms with Gasteiger partial charge in [-0.2, -0.15) is 13.2 Å². The summed E-state index contributed by atoms with van der Waals surface area (Å²) < 4.78 is 51.4. The summed E-state index contributed by atoms with van der Waals surface area (Å²) in [6.07, 6.45) is -4.74. The molecule has 2 rings (SSSR count). The molecular formula is C14H12F4N2. The van der Waals surface area contributed by atoms with Gasteiger partial charge in [0.1, 0.15) is 5.82 Å². The fraction of sp³-hybridized carbons (Fsp3) is 0.143. The number of alkyl halides is 3. The van der Waals surface area contributed by atoms with Crippen LogP contribution in [-0.2, 0) is 6.18 Å². The van der Waals surface area contributed by atoms with E-state index in [0.717, 1.165) is 12.1 Å². The van der Waals surface area contributed by atoms with E-state index < -0.39 is 23.6 Å². The van der Waals surface area contributed by atoms with E-state index in [1.807, 2.05) is 0 Å². The van der Waals surface area contributed by atoms with Gasteiger partial charge in [0.05, 0.1) is 11.6 Å². The van der Waals surface area contributed by atoms with E-state index >= 15 is 0 Å². The fourth-order valence-corrected chi connectivity index (χ4v) is 1.97. The molecule has 106 valence electrons. The second-order valence-electron chi connectivity index (χ2n) is 4.25. The van der Waals surface area contributed by atoms with Crippen LogP contribution in [-0.4, -0.2) is 0 Å². The molecule has 0 aromatic heterocycles. The molecule has 0 aliphatic rings. The maximum Gasteiger partial charge on any atom is 0.419 e. The number of hydrazine groups is 1. The smallest absolute Gasteiger partial charge is 0.271 e. The summed E-state index contributed by atoms with van der Waals surface area (Å²) in [5.74, 6) is 4.11. The first-order valence-corrected chi connectivity index (χ1v) is 5.81. The largest absolute Gasteiger partial charge is 0.419 e. The van der Waals surface area contributed by atoms with Crippen molar-refractivity contribution in [2.24, 2.45) is 5.84 Å². The van der Waals surface area contributed by atoms with Crippen molar-refractivity contribution in [2.75, 3.05) is 0 Å². The van der Waals surface area contributed by atoms with Crippen molar-refractivity contribution in [3.63, 3.8) is 0 Å². The van der Waals surface area contributed by atoms with Gasteiger partial charge < -0.3 is 0 Å². The summed E-state index contributed by atoms with van der Waals surface area (Å²) in [6, 6.07) is 10.9. The van der Waals surface area contributed by atoms with Gasteiger partial charge in [0.15, 0.2) is 0 Å². The number of hydrogen-bond donors (Lipinski definition) is 2. The molecule has 0 aliphatic heterocycles. The molecule has 0 fully saturated rings. The van der Waals surface area contributed by atoms with Crippen LogP contribution < -0.4 is 11.3 Å². The summed E-state index contributed by atoms with van der Waals surface area (Å²) in [7, 11) is 0. The summed E-state index contributed by atoms with van der Waals surface area (Å²) in [5, 5.41) is 0. The highest BCUT2D eigenvalue weighted by molar-refractivity contribution is 5.35. The third-order valence-corrected chi connectivity index (χ3v) is 2.93. The van der Waals surface area contributed by atoms with E-state index in [0.29, 0.717) is 5.56 Å². The van der Waals surface area contributed by atoms with E-state index in [4.69, 9.17) is 5.84 Å². The van der Waals surface area contributed by atoms with Crippen LogP contribution in [0.2, 0.25) is 0 Å². The first kappa shape index (κ1) is 14.5. The van der Waals surface area contributed by atoms with E-state index in [9.17, 15) is 17.6 Å². The maximum absolute atomic E-state index is 13.3. The average Bonchev–Trinajstić information content (AvgIpc) is 2.41. The highest BCUT2D eigenvalue weighted by Crippen LogP contribution is 2.33. The van der Waals surface area contributed by atoms with E-state index in [1.54, 1.807) is 30.3 Å². The second kappa shape index (κ2) is 5.60. The molecule has 0 amide bonds. The standard InChI is InChI=1S/C14H12F4N2/c15-12-7-6-10(8-11(12)14(16,17)18)13(20-19)9-4-2-1-3-5-9/h1-8,13,20H,19H2. The molecule has 1 atom stereocenters. The quantitative estimate of drug-likeness (QED) is 0.515. The number of benzene rings is 2. The summed E-state index contributed by atoms with van der Waals surface area (Å²) in [4.78, 5) is 0. The molecule has 0 radical (unpaired) electrons. The lowest BCUT2D eigenvalue weighted by molar-refractivity contribution is -0.140. The van der Waals surface area contributed by atoms with Crippen molar-refractivity contribution < 1.29 is 17.6 Å². The molecule has 2 aromatic carbocycles. The zero-order valence-electron chi connectivity index (χ0n) is 10.3. The SMILES string of the molecule is NNC(c1ccccc1)c1ccc(F)c(C(F)(F)F)c1. The van der Waals surface area contributed by atoms with Gasteiger partial charge in [0.25, 0.3) is 0 Å². The minimum atomic E-state index is -4.74. The molecule has 0 bridgehead atoms. The molecule has 2 nitrogen and oxygen atoms in total. The summed E-state index contributed by atoms with van der Waals surface area (Å²) in [5.41, 5.74) is 2.08. The van der Waals surface area contributed by atoms with Crippen molar-refractivity contribution in [3.05, 3.63) is 71.0 Å². The first-order chi connectivity index (χ1) is 9.43. The number of halogens is 4. The molecule has 3 N–H and O–H groups in total. The van der Waals surface area contributed by atoms with Crippen LogP contribution in [0.25, 0.3) is 0 Å². The van der Waals surface area contributed by atoms with Crippen molar-refractivity contribution in [3.8, 4) is 0 Å². The van der Waals surface area contributed by atoms with E-state index in [2.05, 4.69) is 5.43 Å². The van der Waals surface area contributed by atoms with Gasteiger partial charge in [-0.15, -0.1) is 0 Å². The average molecular weight is 284 g/mol. The van der Waals surface area contributed by atoms with Crippen LogP contribution in [0.15, 0.2) is 48.5 Å². The number of hydrogen-bond acceptors (Lipinski definition) is 2. The molecule has 0 aliphatic carbocycles. The monoisotopic (exact) mass is 284 g/mol. The molecule has 2 aromatic rings. The van der Waals surface area contributed by atoms with Crippen LogP contribution in [0.4, 0.5) is 17.6 Å². The number of rotatable bonds is 3. The maximum atomic E-state index is 13.3. The lowest BCUT2D eigenvalue weighted by atomic mass is 9.97. The molecular weight excluding hydrogens is 272 g/mol. The third kappa shape index (κ3) is 2.97. The van der Waals surface area contributed by atoms with Gasteiger partial charge in [-0.3, -0.25) is 5.84 Å². The normalized spacial score (nSPS) is 13.2. The van der Waals surface area contributed by atoms with Crippen LogP contribution in [0, 0.1) is 5.82 Å². The summed E-state index contributed by atoms with van der Waals surface area (Å²) in [6.45, 7) is 0. The van der Waals surface area contributed by atoms with Crippen molar-refractivity contribution in [1.29, 1.82) is 0 Å². The van der Waals surface area contributed by atoms with Gasteiger partial charge >= 0.3 is 6.18 Å². The Bertz CT molecular complexity index is 581. The molecule has 1 unspecified atom stereocenters. The second-order valence-corrected chi connectivity index (χ2v) is 4.25. The molecule has 6 heteroatoms. The topological polar surface area (TPSA) is 38.0 Å². The van der Waals surface area contributed by atoms with Gasteiger partial charge in [0, 0.05) is 0 Å². The van der Waals surface area contributed by atoms with E-state index in [1.165, 1.54) is 6.07 Å². The van der Waals surface area contributed by atoms with Crippen molar-refractivity contribution >= 4 is 0 Å².